The summed E-state index contributed by atoms with van der Waals surface area (Å²) >= 11 is 0. The fourth-order valence-corrected chi connectivity index (χ4v) is 1.54. The highest BCUT2D eigenvalue weighted by Gasteiger charge is 2.26. The minimum Gasteiger partial charge on any atom is -0.385 e. The van der Waals surface area contributed by atoms with Crippen molar-refractivity contribution in [2.75, 3.05) is 13.7 Å². The summed E-state index contributed by atoms with van der Waals surface area (Å²) in [6.45, 7) is 2.57. The maximum Gasteiger partial charge on any atom is 0.0915 e. The Labute approximate surface area is 85.5 Å². The topological polar surface area (TPSA) is 29.5 Å². The molecule has 0 heterocycles. The highest BCUT2D eigenvalue weighted by Crippen LogP contribution is 2.28. The van der Waals surface area contributed by atoms with Crippen molar-refractivity contribution in [3.05, 3.63) is 35.9 Å². The molecule has 1 aromatic rings. The number of hydrogen-bond acceptors (Lipinski definition) is 2. The first-order valence-electron chi connectivity index (χ1n) is 5.00. The largest absolute Gasteiger partial charge is 0.385 e. The molecule has 1 aromatic carbocycles. The minimum atomic E-state index is -0.739. The Morgan fingerprint density at radius 2 is 1.93 bits per heavy atom. The zero-order valence-electron chi connectivity index (χ0n) is 8.86. The van der Waals surface area contributed by atoms with E-state index < -0.39 is 5.60 Å². The second-order valence-corrected chi connectivity index (χ2v) is 3.49. The van der Waals surface area contributed by atoms with Crippen LogP contribution in [0.25, 0.3) is 0 Å². The third-order valence-corrected chi connectivity index (χ3v) is 2.62. The summed E-state index contributed by atoms with van der Waals surface area (Å²) in [6, 6.07) is 9.76. The molecular formula is C12H18O2. The lowest BCUT2D eigenvalue weighted by Gasteiger charge is -2.27. The van der Waals surface area contributed by atoms with Crippen molar-refractivity contribution in [1.29, 1.82) is 0 Å². The summed E-state index contributed by atoms with van der Waals surface area (Å²) in [5, 5.41) is 10.3. The molecule has 1 unspecified atom stereocenters. The van der Waals surface area contributed by atoms with Crippen molar-refractivity contribution in [3.63, 3.8) is 0 Å². The summed E-state index contributed by atoms with van der Waals surface area (Å²) in [5.74, 6) is 0. The van der Waals surface area contributed by atoms with Crippen LogP contribution < -0.4 is 0 Å². The minimum absolute atomic E-state index is 0.583. The standard InChI is InChI=1S/C12H18O2/c1-3-12(13,9-10-14-2)11-7-5-4-6-8-11/h4-8,13H,3,9-10H2,1-2H3. The second-order valence-electron chi connectivity index (χ2n) is 3.49. The van der Waals surface area contributed by atoms with E-state index in [9.17, 15) is 5.11 Å². The fraction of sp³-hybridized carbons (Fsp3) is 0.500. The number of hydrogen-bond donors (Lipinski definition) is 1. The van der Waals surface area contributed by atoms with Gasteiger partial charge in [0.1, 0.15) is 0 Å². The van der Waals surface area contributed by atoms with Crippen LogP contribution in [0, 0.1) is 0 Å². The maximum absolute atomic E-state index is 10.3. The summed E-state index contributed by atoms with van der Waals surface area (Å²) in [4.78, 5) is 0. The van der Waals surface area contributed by atoms with E-state index >= 15 is 0 Å². The Morgan fingerprint density at radius 1 is 1.29 bits per heavy atom. The van der Waals surface area contributed by atoms with Crippen molar-refractivity contribution < 1.29 is 9.84 Å². The van der Waals surface area contributed by atoms with Gasteiger partial charge in [0.05, 0.1) is 5.60 Å². The van der Waals surface area contributed by atoms with E-state index in [1.807, 2.05) is 37.3 Å². The molecule has 2 nitrogen and oxygen atoms in total. The van der Waals surface area contributed by atoms with Gasteiger partial charge in [0.2, 0.25) is 0 Å². The fourth-order valence-electron chi connectivity index (χ4n) is 1.54. The van der Waals surface area contributed by atoms with E-state index in [4.69, 9.17) is 4.74 Å². The molecule has 1 N–H and O–H groups in total. The Kier molecular flexibility index (Phi) is 4.11. The number of rotatable bonds is 5. The molecule has 0 saturated heterocycles. The van der Waals surface area contributed by atoms with Gasteiger partial charge in [-0.05, 0) is 12.0 Å². The van der Waals surface area contributed by atoms with Gasteiger partial charge in [-0.2, -0.15) is 0 Å². The number of methoxy groups -OCH3 is 1. The number of aliphatic hydroxyl groups is 1. The normalized spacial score (nSPS) is 15.1. The van der Waals surface area contributed by atoms with Crippen LogP contribution in [0.5, 0.6) is 0 Å². The van der Waals surface area contributed by atoms with Gasteiger partial charge in [0.25, 0.3) is 0 Å². The molecule has 1 atom stereocenters. The third-order valence-electron chi connectivity index (χ3n) is 2.62. The van der Waals surface area contributed by atoms with Gasteiger partial charge in [-0.25, -0.2) is 0 Å². The summed E-state index contributed by atoms with van der Waals surface area (Å²) in [5.41, 5.74) is 0.233. The average Bonchev–Trinajstić information content (AvgIpc) is 2.27. The SMILES string of the molecule is CCC(O)(CCOC)c1ccccc1. The molecule has 0 aliphatic rings. The van der Waals surface area contributed by atoms with Crippen LogP contribution in [-0.2, 0) is 10.3 Å². The van der Waals surface area contributed by atoms with Crippen LogP contribution in [0.2, 0.25) is 0 Å². The lowest BCUT2D eigenvalue weighted by Crippen LogP contribution is -2.26. The molecule has 2 heteroatoms. The van der Waals surface area contributed by atoms with Gasteiger partial charge < -0.3 is 9.84 Å². The smallest absolute Gasteiger partial charge is 0.0915 e. The predicted molar refractivity (Wildman–Crippen MR) is 57.1 cm³/mol. The zero-order valence-corrected chi connectivity index (χ0v) is 8.86. The van der Waals surface area contributed by atoms with E-state index in [1.165, 1.54) is 0 Å². The quantitative estimate of drug-likeness (QED) is 0.779. The summed E-state index contributed by atoms with van der Waals surface area (Å²) < 4.78 is 5.00. The molecule has 0 aliphatic carbocycles. The van der Waals surface area contributed by atoms with Crippen molar-refractivity contribution in [1.82, 2.24) is 0 Å². The average molecular weight is 194 g/mol. The lowest BCUT2D eigenvalue weighted by molar-refractivity contribution is 0.000596. The lowest BCUT2D eigenvalue weighted by atomic mass is 9.88. The van der Waals surface area contributed by atoms with Crippen LogP contribution in [-0.4, -0.2) is 18.8 Å². The van der Waals surface area contributed by atoms with E-state index in [1.54, 1.807) is 7.11 Å². The van der Waals surface area contributed by atoms with Gasteiger partial charge in [-0.1, -0.05) is 37.3 Å². The molecule has 0 amide bonds. The summed E-state index contributed by atoms with van der Waals surface area (Å²) in [7, 11) is 1.65. The van der Waals surface area contributed by atoms with Crippen LogP contribution in [0.1, 0.15) is 25.3 Å². The molecular weight excluding hydrogens is 176 g/mol. The first-order chi connectivity index (χ1) is 6.73. The molecule has 0 aliphatic heterocycles. The van der Waals surface area contributed by atoms with Crippen LogP contribution in [0.4, 0.5) is 0 Å². The maximum atomic E-state index is 10.3. The molecule has 0 radical (unpaired) electrons. The van der Waals surface area contributed by atoms with Gasteiger partial charge in [-0.15, -0.1) is 0 Å². The molecule has 0 bridgehead atoms. The van der Waals surface area contributed by atoms with Crippen LogP contribution >= 0.6 is 0 Å². The molecule has 0 fully saturated rings. The van der Waals surface area contributed by atoms with Crippen molar-refractivity contribution >= 4 is 0 Å². The predicted octanol–water partition coefficient (Wildman–Crippen LogP) is 2.32. The summed E-state index contributed by atoms with van der Waals surface area (Å²) in [6.07, 6.45) is 1.35. The van der Waals surface area contributed by atoms with Gasteiger partial charge >= 0.3 is 0 Å². The molecule has 0 saturated carbocycles. The van der Waals surface area contributed by atoms with E-state index in [2.05, 4.69) is 0 Å². The molecule has 78 valence electrons. The van der Waals surface area contributed by atoms with Gasteiger partial charge in [0, 0.05) is 20.1 Å². The highest BCUT2D eigenvalue weighted by molar-refractivity contribution is 5.21. The Morgan fingerprint density at radius 3 is 2.43 bits per heavy atom. The van der Waals surface area contributed by atoms with Crippen LogP contribution in [0.3, 0.4) is 0 Å². The monoisotopic (exact) mass is 194 g/mol. The Bertz CT molecular complexity index is 258. The van der Waals surface area contributed by atoms with E-state index in [0.717, 1.165) is 5.56 Å². The molecule has 0 spiro atoms. The Balaban J connectivity index is 2.79. The van der Waals surface area contributed by atoms with Crippen molar-refractivity contribution in [2.24, 2.45) is 0 Å². The third kappa shape index (κ3) is 2.56. The van der Waals surface area contributed by atoms with Crippen molar-refractivity contribution in [3.8, 4) is 0 Å². The molecule has 1 rings (SSSR count). The molecule has 0 aromatic heterocycles. The second kappa shape index (κ2) is 5.13. The van der Waals surface area contributed by atoms with Crippen molar-refractivity contribution in [2.45, 2.75) is 25.4 Å². The van der Waals surface area contributed by atoms with E-state index in [0.29, 0.717) is 19.4 Å². The molecule has 14 heavy (non-hydrogen) atoms. The van der Waals surface area contributed by atoms with Crippen LogP contribution in [0.15, 0.2) is 30.3 Å². The number of ether oxygens (including phenoxy) is 1. The number of benzene rings is 1. The Hall–Kier alpha value is -0.860. The first kappa shape index (κ1) is 11.2. The zero-order chi connectivity index (χ0) is 10.4. The van der Waals surface area contributed by atoms with E-state index in [-0.39, 0.29) is 0 Å². The highest BCUT2D eigenvalue weighted by atomic mass is 16.5. The van der Waals surface area contributed by atoms with Gasteiger partial charge in [0.15, 0.2) is 0 Å². The first-order valence-corrected chi connectivity index (χ1v) is 5.00. The van der Waals surface area contributed by atoms with Gasteiger partial charge in [-0.3, -0.25) is 0 Å².